The summed E-state index contributed by atoms with van der Waals surface area (Å²) in [7, 11) is -1.94. The van der Waals surface area contributed by atoms with Crippen LogP contribution < -0.4 is 10.0 Å². The topological polar surface area (TPSA) is 61.4 Å². The van der Waals surface area contributed by atoms with Crippen molar-refractivity contribution in [2.75, 3.05) is 32.0 Å². The van der Waals surface area contributed by atoms with E-state index < -0.39 is 10.0 Å². The van der Waals surface area contributed by atoms with E-state index >= 15 is 0 Å². The largest absolute Gasteiger partial charge is 0.381 e. The number of fused-ring (bicyclic) bond motifs is 3. The summed E-state index contributed by atoms with van der Waals surface area (Å²) < 4.78 is 26.0. The maximum absolute atomic E-state index is 11.8. The van der Waals surface area contributed by atoms with Crippen LogP contribution in [-0.4, -0.2) is 46.0 Å². The summed E-state index contributed by atoms with van der Waals surface area (Å²) in [6, 6.07) is 7.49. The van der Waals surface area contributed by atoms with Gasteiger partial charge < -0.3 is 10.2 Å². The molecule has 4 rings (SSSR count). The number of rotatable bonds is 4. The zero-order valence-corrected chi connectivity index (χ0v) is 12.5. The van der Waals surface area contributed by atoms with Crippen molar-refractivity contribution in [2.24, 2.45) is 5.92 Å². The van der Waals surface area contributed by atoms with Crippen LogP contribution in [0.3, 0.4) is 0 Å². The summed E-state index contributed by atoms with van der Waals surface area (Å²) in [5.74, 6) is 0.713. The molecule has 1 atom stereocenters. The Morgan fingerprint density at radius 1 is 1.25 bits per heavy atom. The highest BCUT2D eigenvalue weighted by Crippen LogP contribution is 2.30. The van der Waals surface area contributed by atoms with E-state index in [1.54, 1.807) is 18.2 Å². The second kappa shape index (κ2) is 5.35. The van der Waals surface area contributed by atoms with Gasteiger partial charge in [-0.3, -0.25) is 0 Å². The minimum absolute atomic E-state index is 0.311. The van der Waals surface area contributed by atoms with Crippen LogP contribution >= 0.6 is 0 Å². The van der Waals surface area contributed by atoms with E-state index in [2.05, 4.69) is 14.9 Å². The van der Waals surface area contributed by atoms with Crippen molar-refractivity contribution in [2.45, 2.75) is 23.8 Å². The lowest BCUT2D eigenvalue weighted by Gasteiger charge is -2.45. The van der Waals surface area contributed by atoms with Crippen molar-refractivity contribution in [3.05, 3.63) is 24.3 Å². The Balaban J connectivity index is 1.77. The number of hydrogen-bond donors (Lipinski definition) is 2. The van der Waals surface area contributed by atoms with E-state index in [4.69, 9.17) is 0 Å². The van der Waals surface area contributed by atoms with Gasteiger partial charge in [-0.15, -0.1) is 0 Å². The third kappa shape index (κ3) is 2.68. The molecule has 0 aliphatic carbocycles. The van der Waals surface area contributed by atoms with Crippen molar-refractivity contribution < 1.29 is 8.42 Å². The first-order valence-corrected chi connectivity index (χ1v) is 8.59. The van der Waals surface area contributed by atoms with Gasteiger partial charge in [0.05, 0.1) is 4.90 Å². The molecular weight excluding hydrogens is 274 g/mol. The first kappa shape index (κ1) is 13.9. The van der Waals surface area contributed by atoms with E-state index in [1.165, 1.54) is 33.0 Å². The molecule has 6 heteroatoms. The number of sulfonamides is 1. The molecule has 110 valence electrons. The van der Waals surface area contributed by atoms with Crippen LogP contribution in [-0.2, 0) is 10.0 Å². The highest BCUT2D eigenvalue weighted by atomic mass is 32.2. The van der Waals surface area contributed by atoms with Crippen molar-refractivity contribution in [1.29, 1.82) is 0 Å². The highest BCUT2D eigenvalue weighted by molar-refractivity contribution is 7.89. The van der Waals surface area contributed by atoms with Crippen molar-refractivity contribution in [3.63, 3.8) is 0 Å². The quantitative estimate of drug-likeness (QED) is 0.873. The second-order valence-corrected chi connectivity index (χ2v) is 7.51. The molecular formula is C14H21N3O2S. The molecule has 3 aliphatic heterocycles. The minimum atomic E-state index is -3.37. The fourth-order valence-electron chi connectivity index (χ4n) is 3.21. The van der Waals surface area contributed by atoms with Crippen LogP contribution in [0.4, 0.5) is 5.69 Å². The van der Waals surface area contributed by atoms with Crippen molar-refractivity contribution >= 4 is 15.7 Å². The molecule has 3 fully saturated rings. The average Bonchev–Trinajstić information content (AvgIpc) is 2.49. The zero-order chi connectivity index (χ0) is 14.2. The molecule has 0 spiro atoms. The Bertz CT molecular complexity index is 580. The summed E-state index contributed by atoms with van der Waals surface area (Å²) in [4.78, 5) is 2.79. The second-order valence-electron chi connectivity index (χ2n) is 5.62. The van der Waals surface area contributed by atoms with E-state index in [0.717, 1.165) is 12.2 Å². The normalized spacial score (nSPS) is 29.4. The SMILES string of the molecule is CNS(=O)(=O)c1cccc(NC2CN3CCC2CC3)c1. The average molecular weight is 295 g/mol. The maximum atomic E-state index is 11.8. The molecule has 1 aromatic carbocycles. The molecule has 20 heavy (non-hydrogen) atoms. The Kier molecular flexibility index (Phi) is 3.70. The predicted molar refractivity (Wildman–Crippen MR) is 79.3 cm³/mol. The van der Waals surface area contributed by atoms with Crippen LogP contribution in [0.2, 0.25) is 0 Å². The number of anilines is 1. The molecule has 0 amide bonds. The van der Waals surface area contributed by atoms with Gasteiger partial charge in [0.1, 0.15) is 0 Å². The molecule has 3 aliphatic rings. The monoisotopic (exact) mass is 295 g/mol. The lowest BCUT2D eigenvalue weighted by atomic mass is 9.84. The number of nitrogens with one attached hydrogen (secondary N) is 2. The van der Waals surface area contributed by atoms with Gasteiger partial charge in [0.25, 0.3) is 0 Å². The smallest absolute Gasteiger partial charge is 0.240 e. The van der Waals surface area contributed by atoms with E-state index in [1.807, 2.05) is 6.07 Å². The van der Waals surface area contributed by atoms with Gasteiger partial charge in [0.15, 0.2) is 0 Å². The first-order chi connectivity index (χ1) is 9.58. The number of benzene rings is 1. The molecule has 0 aromatic heterocycles. The van der Waals surface area contributed by atoms with E-state index in [0.29, 0.717) is 16.9 Å². The summed E-state index contributed by atoms with van der Waals surface area (Å²) in [5.41, 5.74) is 0.889. The molecule has 3 heterocycles. The van der Waals surface area contributed by atoms with Crippen LogP contribution in [0, 0.1) is 5.92 Å². The van der Waals surface area contributed by atoms with Crippen LogP contribution in [0.25, 0.3) is 0 Å². The molecule has 2 N–H and O–H groups in total. The fraction of sp³-hybridized carbons (Fsp3) is 0.571. The zero-order valence-electron chi connectivity index (χ0n) is 11.7. The molecule has 1 aromatic rings. The molecule has 2 bridgehead atoms. The van der Waals surface area contributed by atoms with Gasteiger partial charge in [0, 0.05) is 18.3 Å². The lowest BCUT2D eigenvalue weighted by molar-refractivity contribution is 0.0975. The van der Waals surface area contributed by atoms with Gasteiger partial charge in [-0.2, -0.15) is 0 Å². The van der Waals surface area contributed by atoms with Crippen LogP contribution in [0.1, 0.15) is 12.8 Å². The minimum Gasteiger partial charge on any atom is -0.381 e. The number of hydrogen-bond acceptors (Lipinski definition) is 4. The van der Waals surface area contributed by atoms with Crippen LogP contribution in [0.15, 0.2) is 29.2 Å². The van der Waals surface area contributed by atoms with Crippen molar-refractivity contribution in [1.82, 2.24) is 9.62 Å². The molecule has 0 radical (unpaired) electrons. The standard InChI is InChI=1S/C14H21N3O2S/c1-15-20(18,19)13-4-2-3-12(9-13)16-14-10-17-7-5-11(14)6-8-17/h2-4,9,11,14-16H,5-8,10H2,1H3. The van der Waals surface area contributed by atoms with E-state index in [-0.39, 0.29) is 0 Å². The molecule has 5 nitrogen and oxygen atoms in total. The maximum Gasteiger partial charge on any atom is 0.240 e. The van der Waals surface area contributed by atoms with Gasteiger partial charge in [0.2, 0.25) is 10.0 Å². The molecule has 3 saturated heterocycles. The predicted octanol–water partition coefficient (Wildman–Crippen LogP) is 1.10. The lowest BCUT2D eigenvalue weighted by Crippen LogP contribution is -2.53. The van der Waals surface area contributed by atoms with Crippen LogP contribution in [0.5, 0.6) is 0 Å². The molecule has 0 saturated carbocycles. The fourth-order valence-corrected chi connectivity index (χ4v) is 3.99. The van der Waals surface area contributed by atoms with E-state index in [9.17, 15) is 8.42 Å². The summed E-state index contributed by atoms with van der Waals surface area (Å²) >= 11 is 0. The Hall–Kier alpha value is -1.11. The highest BCUT2D eigenvalue weighted by Gasteiger charge is 2.33. The van der Waals surface area contributed by atoms with Gasteiger partial charge in [-0.1, -0.05) is 6.07 Å². The third-order valence-electron chi connectivity index (χ3n) is 4.42. The molecule has 1 unspecified atom stereocenters. The van der Waals surface area contributed by atoms with Gasteiger partial charge in [-0.05, 0) is 57.1 Å². The Morgan fingerprint density at radius 3 is 2.60 bits per heavy atom. The van der Waals surface area contributed by atoms with Crippen molar-refractivity contribution in [3.8, 4) is 0 Å². The summed E-state index contributed by atoms with van der Waals surface area (Å²) in [6.45, 7) is 3.47. The van der Waals surface area contributed by atoms with Gasteiger partial charge >= 0.3 is 0 Å². The first-order valence-electron chi connectivity index (χ1n) is 7.11. The summed E-state index contributed by atoms with van der Waals surface area (Å²) in [5, 5.41) is 3.51. The third-order valence-corrected chi connectivity index (χ3v) is 5.83. The number of piperidine rings is 3. The summed E-state index contributed by atoms with van der Waals surface area (Å²) in [6.07, 6.45) is 2.48. The number of nitrogens with zero attached hydrogens (tertiary/aromatic N) is 1. The Morgan fingerprint density at radius 2 is 2.00 bits per heavy atom. The van der Waals surface area contributed by atoms with Gasteiger partial charge in [-0.25, -0.2) is 13.1 Å². The Labute approximate surface area is 120 Å².